The van der Waals surface area contributed by atoms with Crippen LogP contribution in [0.15, 0.2) is 47.2 Å². The number of nitrogens with zero attached hydrogens (tertiary/aromatic N) is 1. The molecule has 0 aromatic carbocycles. The van der Waals surface area contributed by atoms with Crippen molar-refractivity contribution in [1.82, 2.24) is 10.3 Å². The van der Waals surface area contributed by atoms with E-state index in [0.717, 1.165) is 24.4 Å². The summed E-state index contributed by atoms with van der Waals surface area (Å²) in [6, 6.07) is 9.52. The van der Waals surface area contributed by atoms with Crippen molar-refractivity contribution in [1.29, 1.82) is 0 Å². The quantitative estimate of drug-likeness (QED) is 0.677. The van der Waals surface area contributed by atoms with Gasteiger partial charge in [-0.05, 0) is 24.3 Å². The van der Waals surface area contributed by atoms with E-state index in [2.05, 4.69) is 10.3 Å². The summed E-state index contributed by atoms with van der Waals surface area (Å²) in [4.78, 5) is 4.24. The van der Waals surface area contributed by atoms with Gasteiger partial charge in [0.2, 0.25) is 0 Å². The summed E-state index contributed by atoms with van der Waals surface area (Å²) < 4.78 is 10.5. The first-order valence-corrected chi connectivity index (χ1v) is 6.73. The van der Waals surface area contributed by atoms with Crippen molar-refractivity contribution in [2.45, 2.75) is 19.1 Å². The first-order valence-electron chi connectivity index (χ1n) is 6.73. The van der Waals surface area contributed by atoms with Crippen molar-refractivity contribution in [2.24, 2.45) is 0 Å². The normalized spacial score (nSPS) is 12.4. The van der Waals surface area contributed by atoms with Gasteiger partial charge in [0.05, 0.1) is 19.0 Å². The minimum atomic E-state index is -0.520. The van der Waals surface area contributed by atoms with E-state index in [-0.39, 0.29) is 6.61 Å². The Bertz CT molecular complexity index is 459. The van der Waals surface area contributed by atoms with Crippen LogP contribution in [0.25, 0.3) is 0 Å². The molecular formula is C15H20N2O3. The van der Waals surface area contributed by atoms with Crippen molar-refractivity contribution < 1.29 is 14.3 Å². The molecule has 1 atom stereocenters. The van der Waals surface area contributed by atoms with Crippen LogP contribution in [0.1, 0.15) is 11.5 Å². The van der Waals surface area contributed by atoms with Crippen LogP contribution in [0.4, 0.5) is 0 Å². The minimum absolute atomic E-state index is 0.289. The van der Waals surface area contributed by atoms with Gasteiger partial charge in [-0.3, -0.25) is 4.98 Å². The molecule has 0 amide bonds. The first-order chi connectivity index (χ1) is 9.84. The zero-order valence-electron chi connectivity index (χ0n) is 11.4. The smallest absolute Gasteiger partial charge is 0.129 e. The number of hydrogen-bond acceptors (Lipinski definition) is 5. The number of pyridine rings is 1. The third kappa shape index (κ3) is 5.52. The van der Waals surface area contributed by atoms with Crippen molar-refractivity contribution in [3.8, 4) is 0 Å². The molecule has 2 heterocycles. The summed E-state index contributed by atoms with van der Waals surface area (Å²) in [7, 11) is 0. The Kier molecular flexibility index (Phi) is 6.23. The Hall–Kier alpha value is -1.69. The summed E-state index contributed by atoms with van der Waals surface area (Å²) in [6.45, 7) is 1.96. The van der Waals surface area contributed by atoms with E-state index in [1.165, 1.54) is 0 Å². The van der Waals surface area contributed by atoms with Gasteiger partial charge >= 0.3 is 0 Å². The molecule has 0 radical (unpaired) electrons. The van der Waals surface area contributed by atoms with Crippen molar-refractivity contribution in [3.05, 3.63) is 54.2 Å². The Balaban J connectivity index is 1.51. The van der Waals surface area contributed by atoms with Crippen molar-refractivity contribution >= 4 is 0 Å². The molecule has 2 aromatic rings. The second-order valence-electron chi connectivity index (χ2n) is 4.52. The minimum Gasteiger partial charge on any atom is -0.467 e. The number of aliphatic hydroxyl groups excluding tert-OH is 1. The highest BCUT2D eigenvalue weighted by Gasteiger charge is 2.04. The van der Waals surface area contributed by atoms with Crippen LogP contribution in [0.3, 0.4) is 0 Å². The molecule has 0 fully saturated rings. The summed E-state index contributed by atoms with van der Waals surface area (Å²) in [5.41, 5.74) is 1.04. The average Bonchev–Trinajstić information content (AvgIpc) is 2.98. The van der Waals surface area contributed by atoms with Crippen molar-refractivity contribution in [2.75, 3.05) is 19.7 Å². The SMILES string of the molecule is OC(CNCCc1ccccn1)COCc1ccco1. The fourth-order valence-corrected chi connectivity index (χ4v) is 1.78. The molecule has 2 aromatic heterocycles. The maximum Gasteiger partial charge on any atom is 0.129 e. The Morgan fingerprint density at radius 3 is 3.00 bits per heavy atom. The lowest BCUT2D eigenvalue weighted by molar-refractivity contribution is 0.0228. The average molecular weight is 276 g/mol. The van der Waals surface area contributed by atoms with Crippen LogP contribution in [0.2, 0.25) is 0 Å². The van der Waals surface area contributed by atoms with Gasteiger partial charge < -0.3 is 19.6 Å². The maximum absolute atomic E-state index is 9.74. The third-order valence-electron chi connectivity index (χ3n) is 2.80. The number of hydrogen-bond donors (Lipinski definition) is 2. The lowest BCUT2D eigenvalue weighted by Crippen LogP contribution is -2.31. The van der Waals surface area contributed by atoms with Gasteiger partial charge in [0.15, 0.2) is 0 Å². The molecule has 2 N–H and O–H groups in total. The van der Waals surface area contributed by atoms with Gasteiger partial charge in [-0.25, -0.2) is 0 Å². The van der Waals surface area contributed by atoms with E-state index in [0.29, 0.717) is 13.2 Å². The molecule has 108 valence electrons. The maximum atomic E-state index is 9.74. The van der Waals surface area contributed by atoms with Gasteiger partial charge in [0, 0.05) is 31.4 Å². The number of ether oxygens (including phenoxy) is 1. The third-order valence-corrected chi connectivity index (χ3v) is 2.80. The number of nitrogens with one attached hydrogen (secondary N) is 1. The Labute approximate surface area is 118 Å². The van der Waals surface area contributed by atoms with E-state index in [4.69, 9.17) is 9.15 Å². The van der Waals surface area contributed by atoms with Crippen LogP contribution in [0.5, 0.6) is 0 Å². The summed E-state index contributed by atoms with van der Waals surface area (Å²) >= 11 is 0. The second kappa shape index (κ2) is 8.47. The molecule has 1 unspecified atom stereocenters. The Morgan fingerprint density at radius 2 is 2.25 bits per heavy atom. The largest absolute Gasteiger partial charge is 0.467 e. The van der Waals surface area contributed by atoms with E-state index >= 15 is 0 Å². The first kappa shape index (κ1) is 14.7. The molecule has 0 bridgehead atoms. The van der Waals surface area contributed by atoms with E-state index in [9.17, 15) is 5.11 Å². The molecule has 2 rings (SSSR count). The topological polar surface area (TPSA) is 67.5 Å². The van der Waals surface area contributed by atoms with Crippen molar-refractivity contribution in [3.63, 3.8) is 0 Å². The molecule has 0 aliphatic rings. The van der Waals surface area contributed by atoms with Crippen LogP contribution in [-0.2, 0) is 17.8 Å². The summed E-state index contributed by atoms with van der Waals surface area (Å²) in [5.74, 6) is 0.764. The lowest BCUT2D eigenvalue weighted by atomic mass is 10.2. The molecule has 20 heavy (non-hydrogen) atoms. The van der Waals surface area contributed by atoms with Crippen LogP contribution in [0, 0.1) is 0 Å². The zero-order chi connectivity index (χ0) is 14.0. The highest BCUT2D eigenvalue weighted by Crippen LogP contribution is 2.01. The van der Waals surface area contributed by atoms with Crippen LogP contribution in [-0.4, -0.2) is 35.9 Å². The summed E-state index contributed by atoms with van der Waals surface area (Å²) in [6.07, 6.45) is 3.72. The molecule has 0 saturated carbocycles. The lowest BCUT2D eigenvalue weighted by Gasteiger charge is -2.11. The van der Waals surface area contributed by atoms with Gasteiger partial charge in [-0.2, -0.15) is 0 Å². The molecule has 0 aliphatic carbocycles. The molecule has 0 saturated heterocycles. The fraction of sp³-hybridized carbons (Fsp3) is 0.400. The second-order valence-corrected chi connectivity index (χ2v) is 4.52. The van der Waals surface area contributed by atoms with Gasteiger partial charge in [-0.15, -0.1) is 0 Å². The Morgan fingerprint density at radius 1 is 1.30 bits per heavy atom. The number of furan rings is 1. The highest BCUT2D eigenvalue weighted by atomic mass is 16.5. The number of rotatable bonds is 9. The predicted octanol–water partition coefficient (Wildman–Crippen LogP) is 1.38. The standard InChI is InChI=1S/C15H20N2O3/c18-14(11-19-12-15-5-3-9-20-15)10-16-8-6-13-4-1-2-7-17-13/h1-5,7,9,14,16,18H,6,8,10-12H2. The summed E-state index contributed by atoms with van der Waals surface area (Å²) in [5, 5.41) is 12.9. The van der Waals surface area contributed by atoms with Gasteiger partial charge in [0.25, 0.3) is 0 Å². The van der Waals surface area contributed by atoms with Gasteiger partial charge in [0.1, 0.15) is 12.4 Å². The van der Waals surface area contributed by atoms with Gasteiger partial charge in [-0.1, -0.05) is 6.07 Å². The van der Waals surface area contributed by atoms with E-state index < -0.39 is 6.10 Å². The van der Waals surface area contributed by atoms with E-state index in [1.807, 2.05) is 30.3 Å². The predicted molar refractivity (Wildman–Crippen MR) is 75.2 cm³/mol. The van der Waals surface area contributed by atoms with Crippen LogP contribution >= 0.6 is 0 Å². The molecular weight excluding hydrogens is 256 g/mol. The number of aliphatic hydroxyl groups is 1. The molecule has 5 heteroatoms. The van der Waals surface area contributed by atoms with E-state index in [1.54, 1.807) is 12.5 Å². The number of aromatic nitrogens is 1. The molecule has 5 nitrogen and oxygen atoms in total. The zero-order valence-corrected chi connectivity index (χ0v) is 11.4. The monoisotopic (exact) mass is 276 g/mol. The fourth-order valence-electron chi connectivity index (χ4n) is 1.78. The van der Waals surface area contributed by atoms with Crippen LogP contribution < -0.4 is 5.32 Å². The molecule has 0 aliphatic heterocycles. The highest BCUT2D eigenvalue weighted by molar-refractivity contribution is 5.03. The molecule has 0 spiro atoms.